The minimum Gasteiger partial charge on any atom is -0.461 e. The lowest BCUT2D eigenvalue weighted by molar-refractivity contribution is -0.164. The summed E-state index contributed by atoms with van der Waals surface area (Å²) in [5, 5.41) is 0. The molecule has 0 bridgehead atoms. The predicted molar refractivity (Wildman–Crippen MR) is 222 cm³/mol. The molecule has 0 spiro atoms. The quantitative estimate of drug-likeness (QED) is 0.0301. The van der Waals surface area contributed by atoms with Gasteiger partial charge in [0, 0.05) is 18.8 Å². The summed E-state index contributed by atoms with van der Waals surface area (Å²) >= 11 is 4.18. The highest BCUT2D eigenvalue weighted by Gasteiger charge is 2.19. The second-order valence-corrected chi connectivity index (χ2v) is 13.8. The molecule has 0 fully saturated rings. The molecule has 6 heteroatoms. The van der Waals surface area contributed by atoms with E-state index < -0.39 is 6.10 Å². The van der Waals surface area contributed by atoms with Crippen molar-refractivity contribution < 1.29 is 23.8 Å². The van der Waals surface area contributed by atoms with Crippen LogP contribution >= 0.6 is 12.6 Å². The first-order chi connectivity index (χ1) is 25.0. The van der Waals surface area contributed by atoms with Crippen LogP contribution in [-0.2, 0) is 23.8 Å². The van der Waals surface area contributed by atoms with Crippen molar-refractivity contribution in [2.45, 2.75) is 168 Å². The molecular formula is C45H76O5S. The van der Waals surface area contributed by atoms with Crippen LogP contribution in [0.25, 0.3) is 0 Å². The molecular weight excluding hydrogens is 653 g/mol. The lowest BCUT2D eigenvalue weighted by atomic mass is 10.0. The van der Waals surface area contributed by atoms with Crippen LogP contribution in [0.3, 0.4) is 0 Å². The number of ether oxygens (including phenoxy) is 3. The first-order valence-electron chi connectivity index (χ1n) is 20.5. The Labute approximate surface area is 319 Å². The van der Waals surface area contributed by atoms with Gasteiger partial charge in [-0.15, -0.1) is 0 Å². The van der Waals surface area contributed by atoms with Crippen LogP contribution in [0, 0.1) is 5.92 Å². The van der Waals surface area contributed by atoms with Crippen LogP contribution in [-0.4, -0.2) is 43.6 Å². The van der Waals surface area contributed by atoms with Gasteiger partial charge in [0.1, 0.15) is 6.61 Å². The van der Waals surface area contributed by atoms with Crippen molar-refractivity contribution in [1.29, 1.82) is 0 Å². The molecule has 0 aliphatic carbocycles. The fourth-order valence-corrected chi connectivity index (χ4v) is 5.36. The summed E-state index contributed by atoms with van der Waals surface area (Å²) in [7, 11) is 0. The fourth-order valence-electron chi connectivity index (χ4n) is 5.21. The topological polar surface area (TPSA) is 61.8 Å². The van der Waals surface area contributed by atoms with E-state index in [2.05, 4.69) is 93.3 Å². The van der Waals surface area contributed by atoms with Crippen molar-refractivity contribution in [2.24, 2.45) is 5.92 Å². The van der Waals surface area contributed by atoms with Crippen LogP contribution in [0.2, 0.25) is 0 Å². The third-order valence-corrected chi connectivity index (χ3v) is 8.99. The van der Waals surface area contributed by atoms with Gasteiger partial charge in [0.25, 0.3) is 0 Å². The number of esters is 2. The van der Waals surface area contributed by atoms with Gasteiger partial charge < -0.3 is 14.2 Å². The van der Waals surface area contributed by atoms with Gasteiger partial charge in [0.2, 0.25) is 0 Å². The van der Waals surface area contributed by atoms with Gasteiger partial charge in [-0.1, -0.05) is 177 Å². The van der Waals surface area contributed by atoms with Crippen LogP contribution in [0.4, 0.5) is 0 Å². The Kier molecular flexibility index (Phi) is 38.6. The molecule has 5 nitrogen and oxygen atoms in total. The van der Waals surface area contributed by atoms with Crippen LogP contribution in [0.15, 0.2) is 72.9 Å². The Hall–Kier alpha value is -2.31. The van der Waals surface area contributed by atoms with Crippen LogP contribution in [0.1, 0.15) is 162 Å². The third-order valence-electron chi connectivity index (χ3n) is 8.44. The molecule has 0 saturated heterocycles. The monoisotopic (exact) mass is 729 g/mol. The SMILES string of the molecule is CCC=CCC=CCC=CCC=CCC=CCC=CCCC(=O)OC(COCCCCCCCCCCCCCCCC)COC(=O)C(C)CS. The number of hydrogen-bond acceptors (Lipinski definition) is 6. The normalized spacial score (nSPS) is 13.6. The molecule has 0 aromatic rings. The molecule has 0 heterocycles. The highest BCUT2D eigenvalue weighted by Crippen LogP contribution is 2.13. The van der Waals surface area contributed by atoms with E-state index in [9.17, 15) is 9.59 Å². The largest absolute Gasteiger partial charge is 0.461 e. The molecule has 0 rings (SSSR count). The van der Waals surface area contributed by atoms with E-state index in [1.54, 1.807) is 6.92 Å². The number of allylic oxidation sites excluding steroid dienone is 12. The average Bonchev–Trinajstić information content (AvgIpc) is 3.13. The van der Waals surface area contributed by atoms with Crippen molar-refractivity contribution in [1.82, 2.24) is 0 Å². The Morgan fingerprint density at radius 3 is 1.45 bits per heavy atom. The summed E-state index contributed by atoms with van der Waals surface area (Å²) < 4.78 is 16.9. The van der Waals surface area contributed by atoms with Crippen molar-refractivity contribution >= 4 is 24.6 Å². The van der Waals surface area contributed by atoms with E-state index in [-0.39, 0.29) is 37.5 Å². The lowest BCUT2D eigenvalue weighted by Crippen LogP contribution is -2.31. The van der Waals surface area contributed by atoms with E-state index >= 15 is 0 Å². The Morgan fingerprint density at radius 1 is 0.569 bits per heavy atom. The number of unbranched alkanes of at least 4 members (excludes halogenated alkanes) is 13. The van der Waals surface area contributed by atoms with E-state index in [0.717, 1.165) is 51.4 Å². The average molecular weight is 729 g/mol. The van der Waals surface area contributed by atoms with E-state index in [0.29, 0.717) is 18.8 Å². The maximum absolute atomic E-state index is 12.5. The standard InChI is InChI=1S/C45H76O5S/c1-4-6-8-10-12-14-16-18-20-21-22-23-24-25-27-29-31-33-35-37-44(46)50-43(40-49-45(47)42(3)41-51)39-48-38-36-34-32-30-28-26-19-17-15-13-11-9-7-5-2/h6,8,12,14,18,20,22-23,25,27,31,33,42-43,51H,4-5,7,9-11,13,15-17,19,21,24,26,28-30,32,34-41H2,1-3H3. The summed E-state index contributed by atoms with van der Waals surface area (Å²) in [6, 6.07) is 0. The second-order valence-electron chi connectivity index (χ2n) is 13.5. The molecule has 51 heavy (non-hydrogen) atoms. The van der Waals surface area contributed by atoms with Crippen LogP contribution < -0.4 is 0 Å². The molecule has 2 unspecified atom stereocenters. The summed E-state index contributed by atoms with van der Waals surface area (Å²) in [6.07, 6.45) is 50.4. The van der Waals surface area contributed by atoms with Gasteiger partial charge in [-0.2, -0.15) is 12.6 Å². The second kappa shape index (κ2) is 40.5. The highest BCUT2D eigenvalue weighted by atomic mass is 32.1. The first kappa shape index (κ1) is 48.7. The van der Waals surface area contributed by atoms with Gasteiger partial charge in [0.15, 0.2) is 6.10 Å². The number of carbonyl (C=O) groups is 2. The minimum absolute atomic E-state index is 0.00133. The van der Waals surface area contributed by atoms with Gasteiger partial charge >= 0.3 is 11.9 Å². The third kappa shape index (κ3) is 37.3. The van der Waals surface area contributed by atoms with Gasteiger partial charge in [-0.3, -0.25) is 9.59 Å². The summed E-state index contributed by atoms with van der Waals surface area (Å²) in [4.78, 5) is 24.7. The van der Waals surface area contributed by atoms with Crippen molar-refractivity contribution in [3.8, 4) is 0 Å². The van der Waals surface area contributed by atoms with E-state index in [1.807, 2.05) is 6.08 Å². The Balaban J connectivity index is 4.13. The molecule has 0 aliphatic heterocycles. The molecule has 0 aliphatic rings. The molecule has 0 aromatic carbocycles. The Bertz CT molecular complexity index is 964. The van der Waals surface area contributed by atoms with E-state index in [4.69, 9.17) is 14.2 Å². The predicted octanol–water partition coefficient (Wildman–Crippen LogP) is 13.0. The van der Waals surface area contributed by atoms with Crippen molar-refractivity contribution in [3.63, 3.8) is 0 Å². The van der Waals surface area contributed by atoms with Crippen molar-refractivity contribution in [3.05, 3.63) is 72.9 Å². The smallest absolute Gasteiger partial charge is 0.309 e. The Morgan fingerprint density at radius 2 is 1.00 bits per heavy atom. The molecule has 0 radical (unpaired) electrons. The molecule has 292 valence electrons. The lowest BCUT2D eigenvalue weighted by Gasteiger charge is -2.19. The first-order valence-corrected chi connectivity index (χ1v) is 21.1. The zero-order valence-electron chi connectivity index (χ0n) is 33.0. The molecule has 0 amide bonds. The number of thiol groups is 1. The molecule has 0 aromatic heterocycles. The molecule has 2 atom stereocenters. The van der Waals surface area contributed by atoms with E-state index in [1.165, 1.54) is 77.0 Å². The van der Waals surface area contributed by atoms with Crippen LogP contribution in [0.5, 0.6) is 0 Å². The summed E-state index contributed by atoms with van der Waals surface area (Å²) in [5.41, 5.74) is 0. The molecule has 0 saturated carbocycles. The zero-order valence-corrected chi connectivity index (χ0v) is 33.9. The van der Waals surface area contributed by atoms with Gasteiger partial charge in [-0.25, -0.2) is 0 Å². The number of hydrogen-bond donors (Lipinski definition) is 1. The highest BCUT2D eigenvalue weighted by molar-refractivity contribution is 7.80. The summed E-state index contributed by atoms with van der Waals surface area (Å²) in [5.74, 6) is -0.548. The zero-order chi connectivity index (χ0) is 37.3. The number of carbonyl (C=O) groups excluding carboxylic acids is 2. The maximum atomic E-state index is 12.5. The molecule has 0 N–H and O–H groups in total. The minimum atomic E-state index is -0.606. The van der Waals surface area contributed by atoms with Gasteiger partial charge in [0.05, 0.1) is 12.5 Å². The number of rotatable bonds is 36. The van der Waals surface area contributed by atoms with Crippen molar-refractivity contribution in [2.75, 3.05) is 25.6 Å². The van der Waals surface area contributed by atoms with Gasteiger partial charge in [-0.05, 0) is 51.4 Å². The maximum Gasteiger partial charge on any atom is 0.309 e. The summed E-state index contributed by atoms with van der Waals surface area (Å²) in [6.45, 7) is 7.04. The fraction of sp³-hybridized carbons (Fsp3) is 0.689.